The van der Waals surface area contributed by atoms with Gasteiger partial charge in [-0.25, -0.2) is 10.4 Å². The van der Waals surface area contributed by atoms with Crippen molar-refractivity contribution in [3.8, 4) is 0 Å². The Morgan fingerprint density at radius 3 is 2.56 bits per heavy atom. The third-order valence-corrected chi connectivity index (χ3v) is 3.66. The van der Waals surface area contributed by atoms with Crippen LogP contribution in [0.5, 0.6) is 0 Å². The fraction of sp³-hybridized carbons (Fsp3) is 0.182. The monoisotopic (exact) mass is 253 g/mol. The number of benzene rings is 1. The van der Waals surface area contributed by atoms with E-state index < -0.39 is 0 Å². The van der Waals surface area contributed by atoms with Crippen molar-refractivity contribution >= 4 is 22.9 Å². The summed E-state index contributed by atoms with van der Waals surface area (Å²) in [5.74, 6) is 5.60. The number of halogens is 1. The standard InChI is InChI=1S/C11H12ClN3S/c1-7-11(16-6-14-7)10(15-13)8-2-4-9(12)5-3-8/h2-6,10,15H,13H2,1H3. The highest BCUT2D eigenvalue weighted by atomic mass is 35.5. The Morgan fingerprint density at radius 1 is 1.38 bits per heavy atom. The molecule has 84 valence electrons. The molecule has 0 saturated heterocycles. The van der Waals surface area contributed by atoms with Gasteiger partial charge in [0.05, 0.1) is 22.1 Å². The summed E-state index contributed by atoms with van der Waals surface area (Å²) >= 11 is 7.45. The zero-order valence-electron chi connectivity index (χ0n) is 8.77. The van der Waals surface area contributed by atoms with Crippen LogP contribution in [0.1, 0.15) is 22.2 Å². The molecule has 1 unspecified atom stereocenters. The minimum atomic E-state index is -0.0234. The molecule has 0 aliphatic rings. The van der Waals surface area contributed by atoms with E-state index in [0.717, 1.165) is 21.2 Å². The lowest BCUT2D eigenvalue weighted by atomic mass is 10.1. The van der Waals surface area contributed by atoms with Crippen LogP contribution in [-0.4, -0.2) is 4.98 Å². The molecule has 1 aromatic carbocycles. The summed E-state index contributed by atoms with van der Waals surface area (Å²) in [6.07, 6.45) is 0. The van der Waals surface area contributed by atoms with Crippen molar-refractivity contribution < 1.29 is 0 Å². The fourth-order valence-corrected chi connectivity index (χ4v) is 2.58. The number of hydrazine groups is 1. The first-order valence-electron chi connectivity index (χ1n) is 4.84. The number of nitrogens with one attached hydrogen (secondary N) is 1. The van der Waals surface area contributed by atoms with E-state index in [9.17, 15) is 0 Å². The van der Waals surface area contributed by atoms with Gasteiger partial charge in [-0.1, -0.05) is 23.7 Å². The summed E-state index contributed by atoms with van der Waals surface area (Å²) in [5.41, 5.74) is 6.72. The van der Waals surface area contributed by atoms with Crippen LogP contribution in [-0.2, 0) is 0 Å². The van der Waals surface area contributed by atoms with Gasteiger partial charge in [0, 0.05) is 5.02 Å². The van der Waals surface area contributed by atoms with Gasteiger partial charge in [0.25, 0.3) is 0 Å². The van der Waals surface area contributed by atoms with Gasteiger partial charge in [-0.15, -0.1) is 11.3 Å². The Labute approximate surface area is 103 Å². The quantitative estimate of drug-likeness (QED) is 0.653. The van der Waals surface area contributed by atoms with E-state index in [0.29, 0.717) is 0 Å². The highest BCUT2D eigenvalue weighted by Gasteiger charge is 2.16. The van der Waals surface area contributed by atoms with Gasteiger partial charge >= 0.3 is 0 Å². The maximum Gasteiger partial charge on any atom is 0.0821 e. The molecule has 2 aromatic rings. The van der Waals surface area contributed by atoms with E-state index in [1.165, 1.54) is 0 Å². The molecule has 0 aliphatic heterocycles. The van der Waals surface area contributed by atoms with Crippen molar-refractivity contribution in [1.82, 2.24) is 10.4 Å². The molecule has 0 amide bonds. The third-order valence-electron chi connectivity index (χ3n) is 2.41. The normalized spacial score (nSPS) is 12.7. The highest BCUT2D eigenvalue weighted by Crippen LogP contribution is 2.27. The lowest BCUT2D eigenvalue weighted by molar-refractivity contribution is 0.642. The summed E-state index contributed by atoms with van der Waals surface area (Å²) in [7, 11) is 0. The number of aromatic nitrogens is 1. The van der Waals surface area contributed by atoms with Gasteiger partial charge in [-0.3, -0.25) is 5.84 Å². The number of aryl methyl sites for hydroxylation is 1. The van der Waals surface area contributed by atoms with Crippen LogP contribution >= 0.6 is 22.9 Å². The van der Waals surface area contributed by atoms with Crippen molar-refractivity contribution in [1.29, 1.82) is 0 Å². The smallest absolute Gasteiger partial charge is 0.0821 e. The van der Waals surface area contributed by atoms with Gasteiger partial charge in [0.1, 0.15) is 0 Å². The molecule has 3 N–H and O–H groups in total. The topological polar surface area (TPSA) is 50.9 Å². The molecule has 0 saturated carbocycles. The number of nitrogens with zero attached hydrogens (tertiary/aromatic N) is 1. The van der Waals surface area contributed by atoms with E-state index in [-0.39, 0.29) is 6.04 Å². The van der Waals surface area contributed by atoms with Crippen molar-refractivity contribution in [3.63, 3.8) is 0 Å². The molecule has 0 fully saturated rings. The van der Waals surface area contributed by atoms with E-state index in [4.69, 9.17) is 17.4 Å². The molecule has 0 aliphatic carbocycles. The number of hydrogen-bond donors (Lipinski definition) is 2. The lowest BCUT2D eigenvalue weighted by Gasteiger charge is -2.15. The van der Waals surface area contributed by atoms with E-state index in [1.54, 1.807) is 11.3 Å². The Hall–Kier alpha value is -0.940. The number of nitrogens with two attached hydrogens (primary N) is 1. The Morgan fingerprint density at radius 2 is 2.06 bits per heavy atom. The SMILES string of the molecule is Cc1ncsc1C(NN)c1ccc(Cl)cc1. The Bertz CT molecular complexity index is 466. The van der Waals surface area contributed by atoms with Gasteiger partial charge in [-0.2, -0.15) is 0 Å². The van der Waals surface area contributed by atoms with Crippen LogP contribution in [0.15, 0.2) is 29.8 Å². The third kappa shape index (κ3) is 2.25. The average Bonchev–Trinajstić information content (AvgIpc) is 2.69. The van der Waals surface area contributed by atoms with Crippen LogP contribution < -0.4 is 11.3 Å². The molecular weight excluding hydrogens is 242 g/mol. The molecule has 0 radical (unpaired) electrons. The molecule has 0 spiro atoms. The summed E-state index contributed by atoms with van der Waals surface area (Å²) in [6, 6.07) is 7.62. The lowest BCUT2D eigenvalue weighted by Crippen LogP contribution is -2.28. The second-order valence-corrected chi connectivity index (χ2v) is 4.78. The maximum atomic E-state index is 5.85. The molecule has 0 bridgehead atoms. The molecule has 16 heavy (non-hydrogen) atoms. The van der Waals surface area contributed by atoms with Gasteiger partial charge in [-0.05, 0) is 24.6 Å². The minimum absolute atomic E-state index is 0.0234. The summed E-state index contributed by atoms with van der Waals surface area (Å²) < 4.78 is 0. The van der Waals surface area contributed by atoms with Crippen LogP contribution in [0, 0.1) is 6.92 Å². The minimum Gasteiger partial charge on any atom is -0.271 e. The van der Waals surface area contributed by atoms with Crippen molar-refractivity contribution in [2.75, 3.05) is 0 Å². The molecule has 3 nitrogen and oxygen atoms in total. The summed E-state index contributed by atoms with van der Waals surface area (Å²) in [5, 5.41) is 0.723. The second kappa shape index (κ2) is 4.93. The largest absolute Gasteiger partial charge is 0.271 e. The van der Waals surface area contributed by atoms with Crippen LogP contribution in [0.2, 0.25) is 5.02 Å². The number of rotatable bonds is 3. The van der Waals surface area contributed by atoms with Crippen molar-refractivity contribution in [2.24, 2.45) is 5.84 Å². The van der Waals surface area contributed by atoms with Crippen LogP contribution in [0.4, 0.5) is 0 Å². The van der Waals surface area contributed by atoms with Gasteiger partial charge in [0.2, 0.25) is 0 Å². The first kappa shape index (κ1) is 11.5. The first-order valence-corrected chi connectivity index (χ1v) is 6.09. The number of hydrogen-bond acceptors (Lipinski definition) is 4. The molecule has 1 heterocycles. The molecule has 1 aromatic heterocycles. The van der Waals surface area contributed by atoms with Crippen LogP contribution in [0.25, 0.3) is 0 Å². The fourth-order valence-electron chi connectivity index (χ4n) is 1.57. The molecule has 5 heteroatoms. The van der Waals surface area contributed by atoms with Gasteiger partial charge < -0.3 is 0 Å². The zero-order chi connectivity index (χ0) is 11.5. The average molecular weight is 254 g/mol. The number of thiazole rings is 1. The molecular formula is C11H12ClN3S. The predicted molar refractivity (Wildman–Crippen MR) is 67.5 cm³/mol. The summed E-state index contributed by atoms with van der Waals surface area (Å²) in [4.78, 5) is 5.35. The first-order chi connectivity index (χ1) is 7.72. The van der Waals surface area contributed by atoms with Gasteiger partial charge in [0.15, 0.2) is 0 Å². The zero-order valence-corrected chi connectivity index (χ0v) is 10.3. The Kier molecular flexibility index (Phi) is 3.56. The maximum absolute atomic E-state index is 5.85. The second-order valence-electron chi connectivity index (χ2n) is 3.45. The van der Waals surface area contributed by atoms with E-state index >= 15 is 0 Å². The van der Waals surface area contributed by atoms with Crippen molar-refractivity contribution in [2.45, 2.75) is 13.0 Å². The molecule has 1 atom stereocenters. The van der Waals surface area contributed by atoms with E-state index in [2.05, 4.69) is 10.4 Å². The predicted octanol–water partition coefficient (Wildman–Crippen LogP) is 2.66. The Balaban J connectivity index is 2.37. The van der Waals surface area contributed by atoms with E-state index in [1.807, 2.05) is 36.7 Å². The highest BCUT2D eigenvalue weighted by molar-refractivity contribution is 7.09. The summed E-state index contributed by atoms with van der Waals surface area (Å²) in [6.45, 7) is 1.98. The van der Waals surface area contributed by atoms with Crippen LogP contribution in [0.3, 0.4) is 0 Å². The molecule has 2 rings (SSSR count). The van der Waals surface area contributed by atoms with Crippen molar-refractivity contribution in [3.05, 3.63) is 50.9 Å².